The topological polar surface area (TPSA) is 68.5 Å². The van der Waals surface area contributed by atoms with E-state index in [1.165, 1.54) is 17.0 Å². The third-order valence-corrected chi connectivity index (χ3v) is 4.65. The average molecular weight is 385 g/mol. The van der Waals surface area contributed by atoms with Gasteiger partial charge in [0.2, 0.25) is 5.91 Å². The van der Waals surface area contributed by atoms with Crippen LogP contribution in [0, 0.1) is 11.6 Å². The summed E-state index contributed by atoms with van der Waals surface area (Å²) in [6.07, 6.45) is 0.211. The van der Waals surface area contributed by atoms with Crippen LogP contribution in [0.15, 0.2) is 47.0 Å². The molecule has 1 aliphatic rings. The molecule has 0 bridgehead atoms. The number of rotatable bonds is 5. The maximum absolute atomic E-state index is 13.4. The van der Waals surface area contributed by atoms with Crippen molar-refractivity contribution in [3.8, 4) is 17.2 Å². The maximum Gasteiger partial charge on any atom is 0.261 e. The first kappa shape index (κ1) is 18.1. The minimum absolute atomic E-state index is 0.126. The van der Waals surface area contributed by atoms with Crippen LogP contribution in [0.1, 0.15) is 23.7 Å². The summed E-state index contributed by atoms with van der Waals surface area (Å²) in [5.41, 5.74) is 1.06. The van der Waals surface area contributed by atoms with Gasteiger partial charge in [0.05, 0.1) is 12.7 Å². The molecular weight excluding hydrogens is 368 g/mol. The van der Waals surface area contributed by atoms with Crippen LogP contribution >= 0.6 is 0 Å². The first-order valence-electron chi connectivity index (χ1n) is 8.73. The monoisotopic (exact) mass is 385 g/mol. The molecule has 0 N–H and O–H groups in total. The van der Waals surface area contributed by atoms with E-state index in [4.69, 9.17) is 9.26 Å². The molecule has 0 saturated carbocycles. The molecule has 0 aliphatic carbocycles. The van der Waals surface area contributed by atoms with E-state index in [2.05, 4.69) is 10.1 Å². The highest BCUT2D eigenvalue weighted by atomic mass is 19.1. The van der Waals surface area contributed by atoms with Crippen molar-refractivity contribution < 1.29 is 22.8 Å². The van der Waals surface area contributed by atoms with Gasteiger partial charge in [-0.3, -0.25) is 4.79 Å². The van der Waals surface area contributed by atoms with Crippen LogP contribution in [-0.4, -0.2) is 34.6 Å². The molecule has 28 heavy (non-hydrogen) atoms. The predicted molar refractivity (Wildman–Crippen MR) is 95.4 cm³/mol. The van der Waals surface area contributed by atoms with Crippen LogP contribution in [0.3, 0.4) is 0 Å². The zero-order chi connectivity index (χ0) is 19.7. The number of methoxy groups -OCH3 is 1. The number of aromatic nitrogens is 2. The minimum atomic E-state index is -0.669. The van der Waals surface area contributed by atoms with E-state index in [0.29, 0.717) is 35.1 Å². The summed E-state index contributed by atoms with van der Waals surface area (Å²) in [4.78, 5) is 18.3. The molecule has 1 amide bonds. The molecule has 1 unspecified atom stereocenters. The Hall–Kier alpha value is -3.29. The summed E-state index contributed by atoms with van der Waals surface area (Å²) in [6, 6.07) is 10.5. The van der Waals surface area contributed by atoms with E-state index >= 15 is 0 Å². The van der Waals surface area contributed by atoms with Crippen molar-refractivity contribution in [3.05, 3.63) is 65.5 Å². The Morgan fingerprint density at radius 3 is 2.71 bits per heavy atom. The number of benzene rings is 2. The molecule has 2 heterocycles. The van der Waals surface area contributed by atoms with Gasteiger partial charge in [0.15, 0.2) is 5.82 Å². The first-order chi connectivity index (χ1) is 13.5. The number of halogens is 2. The molecule has 0 radical (unpaired) electrons. The van der Waals surface area contributed by atoms with Gasteiger partial charge in [0.25, 0.3) is 5.89 Å². The third-order valence-electron chi connectivity index (χ3n) is 4.65. The number of carbonyl (C=O) groups excluding carboxylic acids is 1. The van der Waals surface area contributed by atoms with Crippen molar-refractivity contribution in [3.63, 3.8) is 0 Å². The number of hydrogen-bond donors (Lipinski definition) is 0. The Labute approximate surface area is 159 Å². The minimum Gasteiger partial charge on any atom is -0.496 e. The molecule has 1 aliphatic heterocycles. The van der Waals surface area contributed by atoms with Crippen LogP contribution in [0.2, 0.25) is 0 Å². The second kappa shape index (κ2) is 7.38. The molecule has 1 saturated heterocycles. The van der Waals surface area contributed by atoms with Crippen LogP contribution in [0.25, 0.3) is 11.5 Å². The van der Waals surface area contributed by atoms with Crippen molar-refractivity contribution in [1.82, 2.24) is 15.0 Å². The van der Waals surface area contributed by atoms with Crippen molar-refractivity contribution in [2.75, 3.05) is 13.7 Å². The van der Waals surface area contributed by atoms with Crippen LogP contribution in [0.5, 0.6) is 5.75 Å². The number of nitrogens with zero attached hydrogens (tertiary/aromatic N) is 3. The zero-order valence-electron chi connectivity index (χ0n) is 15.1. The SMILES string of the molecule is COc1ccccc1-c1nc(C2CC(=O)N(Cc3cc(F)cc(F)c3)C2)no1. The molecular formula is C20H17F2N3O3. The molecule has 6 nitrogen and oxygen atoms in total. The van der Waals surface area contributed by atoms with Crippen LogP contribution in [-0.2, 0) is 11.3 Å². The van der Waals surface area contributed by atoms with E-state index in [1.54, 1.807) is 19.2 Å². The summed E-state index contributed by atoms with van der Waals surface area (Å²) in [6.45, 7) is 0.475. The Morgan fingerprint density at radius 2 is 1.96 bits per heavy atom. The van der Waals surface area contributed by atoms with Crippen LogP contribution < -0.4 is 4.74 Å². The first-order valence-corrected chi connectivity index (χ1v) is 8.73. The van der Waals surface area contributed by atoms with Crippen molar-refractivity contribution in [1.29, 1.82) is 0 Å². The Balaban J connectivity index is 1.51. The van der Waals surface area contributed by atoms with E-state index in [1.807, 2.05) is 12.1 Å². The average Bonchev–Trinajstić information content (AvgIpc) is 3.28. The number of ether oxygens (including phenoxy) is 1. The maximum atomic E-state index is 13.4. The largest absolute Gasteiger partial charge is 0.496 e. The normalized spacial score (nSPS) is 16.6. The Bertz CT molecular complexity index is 1000. The quantitative estimate of drug-likeness (QED) is 0.672. The van der Waals surface area contributed by atoms with Gasteiger partial charge in [0.1, 0.15) is 17.4 Å². The van der Waals surface area contributed by atoms with E-state index < -0.39 is 11.6 Å². The van der Waals surface area contributed by atoms with Crippen molar-refractivity contribution in [2.45, 2.75) is 18.9 Å². The van der Waals surface area contributed by atoms with Gasteiger partial charge in [-0.2, -0.15) is 4.98 Å². The number of hydrogen-bond acceptors (Lipinski definition) is 5. The summed E-state index contributed by atoms with van der Waals surface area (Å²) in [7, 11) is 1.55. The summed E-state index contributed by atoms with van der Waals surface area (Å²) < 4.78 is 37.4. The predicted octanol–water partition coefficient (Wildman–Crippen LogP) is 3.54. The summed E-state index contributed by atoms with van der Waals surface area (Å²) in [5, 5.41) is 4.01. The second-order valence-corrected chi connectivity index (χ2v) is 6.61. The van der Waals surface area contributed by atoms with E-state index in [0.717, 1.165) is 6.07 Å². The van der Waals surface area contributed by atoms with Gasteiger partial charge in [-0.15, -0.1) is 0 Å². The number of carbonyl (C=O) groups is 1. The van der Waals surface area contributed by atoms with Gasteiger partial charge in [-0.1, -0.05) is 17.3 Å². The molecule has 0 spiro atoms. The van der Waals surface area contributed by atoms with E-state index in [9.17, 15) is 13.6 Å². The van der Waals surface area contributed by atoms with Crippen molar-refractivity contribution >= 4 is 5.91 Å². The molecule has 2 aromatic carbocycles. The lowest BCUT2D eigenvalue weighted by Crippen LogP contribution is -2.24. The second-order valence-electron chi connectivity index (χ2n) is 6.61. The standard InChI is InChI=1S/C20H17F2N3O3/c1-27-17-5-3-2-4-16(17)20-23-19(24-28-20)13-8-18(26)25(11-13)10-12-6-14(21)9-15(22)7-12/h2-7,9,13H,8,10-11H2,1H3. The number of likely N-dealkylation sites (tertiary alicyclic amines) is 1. The number of para-hydroxylation sites is 1. The lowest BCUT2D eigenvalue weighted by Gasteiger charge is -2.16. The van der Waals surface area contributed by atoms with Gasteiger partial charge in [0, 0.05) is 31.5 Å². The molecule has 8 heteroatoms. The highest BCUT2D eigenvalue weighted by molar-refractivity contribution is 5.79. The smallest absolute Gasteiger partial charge is 0.261 e. The molecule has 1 fully saturated rings. The fourth-order valence-corrected chi connectivity index (χ4v) is 3.35. The fourth-order valence-electron chi connectivity index (χ4n) is 3.35. The molecule has 4 rings (SSSR count). The lowest BCUT2D eigenvalue weighted by atomic mass is 10.1. The zero-order valence-corrected chi connectivity index (χ0v) is 15.1. The highest BCUT2D eigenvalue weighted by Crippen LogP contribution is 2.32. The molecule has 3 aromatic rings. The number of amides is 1. The molecule has 1 aromatic heterocycles. The van der Waals surface area contributed by atoms with E-state index in [-0.39, 0.29) is 24.8 Å². The summed E-state index contributed by atoms with van der Waals surface area (Å²) in [5.74, 6) is -0.380. The molecule has 144 valence electrons. The third kappa shape index (κ3) is 3.58. The van der Waals surface area contributed by atoms with Gasteiger partial charge < -0.3 is 14.2 Å². The lowest BCUT2D eigenvalue weighted by molar-refractivity contribution is -0.128. The van der Waals surface area contributed by atoms with Gasteiger partial charge >= 0.3 is 0 Å². The summed E-state index contributed by atoms with van der Waals surface area (Å²) >= 11 is 0. The van der Waals surface area contributed by atoms with Gasteiger partial charge in [-0.05, 0) is 29.8 Å². The van der Waals surface area contributed by atoms with Crippen molar-refractivity contribution in [2.24, 2.45) is 0 Å². The Morgan fingerprint density at radius 1 is 1.21 bits per heavy atom. The molecule has 1 atom stereocenters. The highest BCUT2D eigenvalue weighted by Gasteiger charge is 2.34. The van der Waals surface area contributed by atoms with Crippen LogP contribution in [0.4, 0.5) is 8.78 Å². The van der Waals surface area contributed by atoms with Gasteiger partial charge in [-0.25, -0.2) is 8.78 Å². The Kier molecular flexibility index (Phi) is 4.77. The fraction of sp³-hybridized carbons (Fsp3) is 0.250.